The van der Waals surface area contributed by atoms with Crippen molar-refractivity contribution in [3.63, 3.8) is 0 Å². The van der Waals surface area contributed by atoms with E-state index in [-0.39, 0.29) is 0 Å². The Balaban J connectivity index is 3.00. The van der Waals surface area contributed by atoms with E-state index in [2.05, 4.69) is 0 Å². The molecular formula is C13H9F8NO3. The number of aromatic carboxylic acids is 1. The lowest BCUT2D eigenvalue weighted by atomic mass is 10.0. The zero-order valence-corrected chi connectivity index (χ0v) is 11.9. The van der Waals surface area contributed by atoms with E-state index in [1.807, 2.05) is 0 Å². The fraction of sp³-hybridized carbons (Fsp3) is 0.385. The van der Waals surface area contributed by atoms with Crippen molar-refractivity contribution in [2.24, 2.45) is 0 Å². The van der Waals surface area contributed by atoms with Crippen molar-refractivity contribution in [2.75, 3.05) is 6.54 Å². The lowest BCUT2D eigenvalue weighted by Gasteiger charge is -2.32. The molecule has 4 nitrogen and oxygen atoms in total. The number of hydrogen-bond acceptors (Lipinski definition) is 2. The Kier molecular flexibility index (Phi) is 5.65. The summed E-state index contributed by atoms with van der Waals surface area (Å²) in [4.78, 5) is 22.5. The third kappa shape index (κ3) is 3.82. The number of halogens is 8. The van der Waals surface area contributed by atoms with Crippen LogP contribution < -0.4 is 5.32 Å². The van der Waals surface area contributed by atoms with Crippen LogP contribution in [0.15, 0.2) is 24.3 Å². The largest absolute Gasteiger partial charge is 0.478 e. The SMILES string of the molecule is O=C(O)c1ccccc1C(=O)NCC(F)(F)C(F)(F)C(F)(F)C(F)F. The average molecular weight is 379 g/mol. The number of nitrogens with one attached hydrogen (secondary N) is 1. The highest BCUT2D eigenvalue weighted by Gasteiger charge is 2.75. The molecular weight excluding hydrogens is 370 g/mol. The monoisotopic (exact) mass is 379 g/mol. The van der Waals surface area contributed by atoms with Gasteiger partial charge in [-0.15, -0.1) is 0 Å². The number of carbonyl (C=O) groups excluding carboxylic acids is 1. The van der Waals surface area contributed by atoms with Gasteiger partial charge in [0.25, 0.3) is 5.91 Å². The number of amides is 1. The van der Waals surface area contributed by atoms with E-state index in [0.717, 1.165) is 23.5 Å². The Morgan fingerprint density at radius 2 is 1.48 bits per heavy atom. The lowest BCUT2D eigenvalue weighted by molar-refractivity contribution is -0.336. The number of alkyl halides is 8. The topological polar surface area (TPSA) is 66.4 Å². The summed E-state index contributed by atoms with van der Waals surface area (Å²) in [6.45, 7) is -2.42. The predicted molar refractivity (Wildman–Crippen MR) is 66.6 cm³/mol. The first-order chi connectivity index (χ1) is 11.3. The number of carboxylic acid groups (broad SMARTS) is 1. The zero-order valence-electron chi connectivity index (χ0n) is 11.9. The third-order valence-corrected chi connectivity index (χ3v) is 3.03. The quantitative estimate of drug-likeness (QED) is 0.715. The fourth-order valence-electron chi connectivity index (χ4n) is 1.65. The second-order valence-corrected chi connectivity index (χ2v) is 4.74. The smallest absolute Gasteiger partial charge is 0.379 e. The fourth-order valence-corrected chi connectivity index (χ4v) is 1.65. The number of carbonyl (C=O) groups is 2. The average Bonchev–Trinajstić information content (AvgIpc) is 2.52. The molecule has 2 N–H and O–H groups in total. The maximum atomic E-state index is 13.3. The Morgan fingerprint density at radius 3 is 1.92 bits per heavy atom. The second kappa shape index (κ2) is 6.84. The molecule has 0 spiro atoms. The molecule has 0 unspecified atom stereocenters. The molecule has 0 radical (unpaired) electrons. The van der Waals surface area contributed by atoms with Crippen LogP contribution in [0.5, 0.6) is 0 Å². The zero-order chi connectivity index (χ0) is 19.6. The molecule has 0 saturated carbocycles. The molecule has 0 aromatic heterocycles. The van der Waals surface area contributed by atoms with Gasteiger partial charge in [0.2, 0.25) is 0 Å². The van der Waals surface area contributed by atoms with Gasteiger partial charge >= 0.3 is 30.2 Å². The van der Waals surface area contributed by atoms with Gasteiger partial charge in [-0.1, -0.05) is 12.1 Å². The van der Waals surface area contributed by atoms with Gasteiger partial charge in [-0.05, 0) is 12.1 Å². The molecule has 0 fully saturated rings. The summed E-state index contributed by atoms with van der Waals surface area (Å²) in [6.07, 6.45) is -5.07. The Labute approximate surface area is 134 Å². The predicted octanol–water partition coefficient (Wildman–Crippen LogP) is 3.29. The highest BCUT2D eigenvalue weighted by atomic mass is 19.4. The van der Waals surface area contributed by atoms with E-state index >= 15 is 0 Å². The summed E-state index contributed by atoms with van der Waals surface area (Å²) in [6, 6.07) is 4.04. The molecule has 0 bridgehead atoms. The summed E-state index contributed by atoms with van der Waals surface area (Å²) in [5.74, 6) is -21.8. The van der Waals surface area contributed by atoms with E-state index in [4.69, 9.17) is 5.11 Å². The molecule has 1 aromatic carbocycles. The van der Waals surface area contributed by atoms with Crippen molar-refractivity contribution < 1.29 is 49.8 Å². The molecule has 12 heteroatoms. The second-order valence-electron chi connectivity index (χ2n) is 4.74. The van der Waals surface area contributed by atoms with E-state index < -0.39 is 53.7 Å². The molecule has 0 atom stereocenters. The van der Waals surface area contributed by atoms with Crippen LogP contribution in [-0.2, 0) is 0 Å². The maximum Gasteiger partial charge on any atom is 0.379 e. The Hall–Kier alpha value is -2.40. The summed E-state index contributed by atoms with van der Waals surface area (Å²) in [7, 11) is 0. The molecule has 0 saturated heterocycles. The number of carboxylic acids is 1. The van der Waals surface area contributed by atoms with E-state index in [0.29, 0.717) is 0 Å². The Bertz CT molecular complexity index is 662. The molecule has 0 aliphatic carbocycles. The number of rotatable bonds is 7. The first-order valence-electron chi connectivity index (χ1n) is 6.28. The van der Waals surface area contributed by atoms with Gasteiger partial charge in [0.05, 0.1) is 17.7 Å². The summed E-state index contributed by atoms with van der Waals surface area (Å²) >= 11 is 0. The highest BCUT2D eigenvalue weighted by Crippen LogP contribution is 2.48. The molecule has 0 heterocycles. The standard InChI is InChI=1S/C13H9F8NO3/c14-10(15)12(18,19)13(20,21)11(16,17)5-22-8(23)6-3-1-2-4-7(6)9(24)25/h1-4,10H,5H2,(H,22,23)(H,24,25). The van der Waals surface area contributed by atoms with Gasteiger partial charge in [0.1, 0.15) is 0 Å². The minimum atomic E-state index is -6.46. The minimum Gasteiger partial charge on any atom is -0.478 e. The normalized spacial score (nSPS) is 13.0. The van der Waals surface area contributed by atoms with Crippen LogP contribution in [0, 0.1) is 0 Å². The lowest BCUT2D eigenvalue weighted by Crippen LogP contribution is -2.61. The van der Waals surface area contributed by atoms with Crippen LogP contribution >= 0.6 is 0 Å². The van der Waals surface area contributed by atoms with Crippen molar-refractivity contribution in [1.29, 1.82) is 0 Å². The van der Waals surface area contributed by atoms with Gasteiger partial charge in [-0.2, -0.15) is 26.3 Å². The first kappa shape index (κ1) is 20.6. The molecule has 140 valence electrons. The molecule has 1 rings (SSSR count). The van der Waals surface area contributed by atoms with E-state index in [9.17, 15) is 44.7 Å². The first-order valence-corrected chi connectivity index (χ1v) is 6.28. The highest BCUT2D eigenvalue weighted by molar-refractivity contribution is 6.04. The molecule has 0 aliphatic heterocycles. The van der Waals surface area contributed by atoms with Crippen LogP contribution in [0.25, 0.3) is 0 Å². The van der Waals surface area contributed by atoms with Crippen LogP contribution in [0.4, 0.5) is 35.1 Å². The third-order valence-electron chi connectivity index (χ3n) is 3.03. The molecule has 1 aromatic rings. The number of hydrogen-bond donors (Lipinski definition) is 2. The van der Waals surface area contributed by atoms with Crippen molar-refractivity contribution in [2.45, 2.75) is 24.2 Å². The van der Waals surface area contributed by atoms with E-state index in [1.165, 1.54) is 6.07 Å². The summed E-state index contributed by atoms with van der Waals surface area (Å²) < 4.78 is 102. The van der Waals surface area contributed by atoms with Crippen molar-refractivity contribution in [3.05, 3.63) is 35.4 Å². The summed E-state index contributed by atoms with van der Waals surface area (Å²) in [5, 5.41) is 9.95. The van der Waals surface area contributed by atoms with Crippen LogP contribution in [0.1, 0.15) is 20.7 Å². The van der Waals surface area contributed by atoms with Gasteiger partial charge in [0, 0.05) is 0 Å². The van der Waals surface area contributed by atoms with Gasteiger partial charge < -0.3 is 10.4 Å². The molecule has 0 aliphatic rings. The van der Waals surface area contributed by atoms with Crippen LogP contribution in [0.3, 0.4) is 0 Å². The van der Waals surface area contributed by atoms with Gasteiger partial charge in [-0.3, -0.25) is 4.79 Å². The van der Waals surface area contributed by atoms with Crippen molar-refractivity contribution >= 4 is 11.9 Å². The van der Waals surface area contributed by atoms with Crippen molar-refractivity contribution in [3.8, 4) is 0 Å². The number of benzene rings is 1. The van der Waals surface area contributed by atoms with E-state index in [1.54, 1.807) is 0 Å². The molecule has 25 heavy (non-hydrogen) atoms. The maximum absolute atomic E-state index is 13.3. The molecule has 1 amide bonds. The summed E-state index contributed by atoms with van der Waals surface area (Å²) in [5.41, 5.74) is -1.39. The van der Waals surface area contributed by atoms with Crippen LogP contribution in [0.2, 0.25) is 0 Å². The van der Waals surface area contributed by atoms with Crippen LogP contribution in [-0.4, -0.2) is 47.7 Å². The minimum absolute atomic E-state index is 0.673. The van der Waals surface area contributed by atoms with Gasteiger partial charge in [0.15, 0.2) is 0 Å². The van der Waals surface area contributed by atoms with Gasteiger partial charge in [-0.25, -0.2) is 13.6 Å². The Morgan fingerprint density at radius 1 is 1.00 bits per heavy atom. The van der Waals surface area contributed by atoms with Crippen molar-refractivity contribution in [1.82, 2.24) is 5.32 Å².